The largest absolute Gasteiger partial charge is 0.300 e. The van der Waals surface area contributed by atoms with E-state index >= 15 is 0 Å². The van der Waals surface area contributed by atoms with Crippen LogP contribution in [-0.4, -0.2) is 11.6 Å². The van der Waals surface area contributed by atoms with Gasteiger partial charge in [0.15, 0.2) is 0 Å². The molecule has 3 rings (SSSR count). The van der Waals surface area contributed by atoms with Gasteiger partial charge >= 0.3 is 0 Å². The molecule has 0 saturated carbocycles. The van der Waals surface area contributed by atoms with Crippen LogP contribution in [0.25, 0.3) is 5.57 Å². The summed E-state index contributed by atoms with van der Waals surface area (Å²) >= 11 is 0. The summed E-state index contributed by atoms with van der Waals surface area (Å²) in [4.78, 5) is 24.5. The van der Waals surface area contributed by atoms with Crippen LogP contribution >= 0.6 is 0 Å². The van der Waals surface area contributed by atoms with Gasteiger partial charge in [0.2, 0.25) is 0 Å². The number of allylic oxidation sites excluding steroid dienone is 2. The molecule has 0 aliphatic heterocycles. The number of hydrogen-bond donors (Lipinski definition) is 0. The van der Waals surface area contributed by atoms with Crippen LogP contribution in [-0.2, 0) is 9.59 Å². The normalized spacial score (nSPS) is 20.3. The second kappa shape index (κ2) is 7.39. The van der Waals surface area contributed by atoms with Crippen LogP contribution < -0.4 is 0 Å². The first kappa shape index (κ1) is 16.4. The Hall–Kier alpha value is -2.48. The first-order valence-electron chi connectivity index (χ1n) is 8.49. The summed E-state index contributed by atoms with van der Waals surface area (Å²) in [5, 5.41) is 0. The molecule has 0 spiro atoms. The quantitative estimate of drug-likeness (QED) is 0.741. The zero-order valence-corrected chi connectivity index (χ0v) is 13.9. The first-order valence-corrected chi connectivity index (χ1v) is 8.49. The summed E-state index contributed by atoms with van der Waals surface area (Å²) in [6, 6.07) is 20.3. The molecular formula is C22H22O2. The monoisotopic (exact) mass is 318 g/mol. The minimum atomic E-state index is -0.243. The van der Waals surface area contributed by atoms with E-state index in [-0.39, 0.29) is 29.8 Å². The number of Topliss-reactive ketones (excluding diaryl/α,β-unsaturated/α-hetero) is 2. The third kappa shape index (κ3) is 3.53. The van der Waals surface area contributed by atoms with E-state index in [1.165, 1.54) is 12.5 Å². The molecule has 2 heteroatoms. The fourth-order valence-corrected chi connectivity index (χ4v) is 3.67. The van der Waals surface area contributed by atoms with Crippen molar-refractivity contribution in [1.82, 2.24) is 0 Å². The third-order valence-electron chi connectivity index (χ3n) is 4.68. The smallest absolute Gasteiger partial charge is 0.148 e. The van der Waals surface area contributed by atoms with Crippen LogP contribution in [0.2, 0.25) is 0 Å². The molecule has 2 atom stereocenters. The fraction of sp³-hybridized carbons (Fsp3) is 0.273. The van der Waals surface area contributed by atoms with Gasteiger partial charge in [-0.15, -0.1) is 0 Å². The molecule has 0 bridgehead atoms. The molecule has 0 aromatic heterocycles. The van der Waals surface area contributed by atoms with Crippen molar-refractivity contribution in [2.75, 3.05) is 0 Å². The minimum absolute atomic E-state index is 0.0121. The summed E-state index contributed by atoms with van der Waals surface area (Å²) in [7, 11) is 0. The first-order chi connectivity index (χ1) is 11.7. The Kier molecular flexibility index (Phi) is 5.05. The molecule has 2 aromatic rings. The van der Waals surface area contributed by atoms with Gasteiger partial charge in [-0.05, 0) is 42.4 Å². The fourth-order valence-electron chi connectivity index (χ4n) is 3.67. The minimum Gasteiger partial charge on any atom is -0.300 e. The van der Waals surface area contributed by atoms with E-state index in [9.17, 15) is 9.59 Å². The van der Waals surface area contributed by atoms with Crippen molar-refractivity contribution in [3.63, 3.8) is 0 Å². The van der Waals surface area contributed by atoms with Crippen LogP contribution in [0.4, 0.5) is 0 Å². The van der Waals surface area contributed by atoms with Gasteiger partial charge < -0.3 is 0 Å². The summed E-state index contributed by atoms with van der Waals surface area (Å²) in [6.45, 7) is 1.49. The topological polar surface area (TPSA) is 34.1 Å². The van der Waals surface area contributed by atoms with Gasteiger partial charge in [-0.3, -0.25) is 9.59 Å². The Labute approximate surface area is 143 Å². The van der Waals surface area contributed by atoms with Gasteiger partial charge in [-0.25, -0.2) is 0 Å². The van der Waals surface area contributed by atoms with Crippen molar-refractivity contribution in [1.29, 1.82) is 0 Å². The van der Waals surface area contributed by atoms with Gasteiger partial charge in [0.25, 0.3) is 0 Å². The maximum atomic E-state index is 12.9. The second-order valence-corrected chi connectivity index (χ2v) is 6.44. The Morgan fingerprint density at radius 3 is 2.21 bits per heavy atom. The highest BCUT2D eigenvalue weighted by atomic mass is 16.1. The third-order valence-corrected chi connectivity index (χ3v) is 4.68. The average molecular weight is 318 g/mol. The molecule has 2 nitrogen and oxygen atoms in total. The molecule has 1 aliphatic carbocycles. The number of rotatable bonds is 5. The second-order valence-electron chi connectivity index (χ2n) is 6.44. The Bertz CT molecular complexity index is 744. The molecule has 0 radical (unpaired) electrons. The summed E-state index contributed by atoms with van der Waals surface area (Å²) in [5.74, 6) is -0.137. The maximum absolute atomic E-state index is 12.9. The van der Waals surface area contributed by atoms with E-state index in [0.29, 0.717) is 0 Å². The lowest BCUT2D eigenvalue weighted by molar-refractivity contribution is -0.127. The SMILES string of the molecule is CC(=O)CC(=O)C1C(c2ccccc2)=CCCC1c1ccccc1. The van der Waals surface area contributed by atoms with Crippen molar-refractivity contribution in [3.05, 3.63) is 77.9 Å². The zero-order valence-electron chi connectivity index (χ0n) is 13.9. The predicted octanol–water partition coefficient (Wildman–Crippen LogP) is 4.81. The van der Waals surface area contributed by atoms with Gasteiger partial charge in [0, 0.05) is 0 Å². The zero-order chi connectivity index (χ0) is 16.9. The number of ketones is 2. The maximum Gasteiger partial charge on any atom is 0.148 e. The number of hydrogen-bond acceptors (Lipinski definition) is 2. The van der Waals surface area contributed by atoms with Crippen molar-refractivity contribution in [2.45, 2.75) is 32.1 Å². The van der Waals surface area contributed by atoms with Crippen LogP contribution in [0.1, 0.15) is 43.2 Å². The molecule has 2 aromatic carbocycles. The van der Waals surface area contributed by atoms with Gasteiger partial charge in [0.05, 0.1) is 12.3 Å². The van der Waals surface area contributed by atoms with Crippen LogP contribution in [0.5, 0.6) is 0 Å². The van der Waals surface area contributed by atoms with Crippen molar-refractivity contribution < 1.29 is 9.59 Å². The Morgan fingerprint density at radius 1 is 0.958 bits per heavy atom. The van der Waals surface area contributed by atoms with E-state index < -0.39 is 0 Å². The van der Waals surface area contributed by atoms with E-state index in [0.717, 1.165) is 24.0 Å². The lowest BCUT2D eigenvalue weighted by Gasteiger charge is -2.32. The van der Waals surface area contributed by atoms with Crippen LogP contribution in [0.15, 0.2) is 66.7 Å². The summed E-state index contributed by atoms with van der Waals surface area (Å²) in [6.07, 6.45) is 4.08. The molecule has 0 fully saturated rings. The molecule has 0 saturated heterocycles. The molecule has 122 valence electrons. The molecular weight excluding hydrogens is 296 g/mol. The van der Waals surface area contributed by atoms with E-state index in [2.05, 4.69) is 18.2 Å². The molecule has 1 aliphatic rings. The lowest BCUT2D eigenvalue weighted by Crippen LogP contribution is -2.27. The number of benzene rings is 2. The molecule has 24 heavy (non-hydrogen) atoms. The lowest BCUT2D eigenvalue weighted by atomic mass is 9.70. The number of carbonyl (C=O) groups is 2. The van der Waals surface area contributed by atoms with Crippen molar-refractivity contribution in [3.8, 4) is 0 Å². The van der Waals surface area contributed by atoms with Gasteiger partial charge in [0.1, 0.15) is 11.6 Å². The van der Waals surface area contributed by atoms with E-state index in [1.807, 2.05) is 48.5 Å². The standard InChI is InChI=1S/C22H22O2/c1-16(23)15-21(24)22-19(17-9-4-2-5-10-17)13-8-14-20(22)18-11-6-3-7-12-18/h2-7,9-13,20,22H,8,14-15H2,1H3. The number of carbonyl (C=O) groups excluding carboxylic acids is 2. The van der Waals surface area contributed by atoms with Gasteiger partial charge in [-0.2, -0.15) is 0 Å². The molecule has 0 amide bonds. The van der Waals surface area contributed by atoms with Crippen molar-refractivity contribution in [2.24, 2.45) is 5.92 Å². The highest BCUT2D eigenvalue weighted by Gasteiger charge is 2.35. The van der Waals surface area contributed by atoms with Crippen molar-refractivity contribution >= 4 is 17.1 Å². The summed E-state index contributed by atoms with van der Waals surface area (Å²) < 4.78 is 0. The molecule has 2 unspecified atom stereocenters. The predicted molar refractivity (Wildman–Crippen MR) is 96.6 cm³/mol. The highest BCUT2D eigenvalue weighted by Crippen LogP contribution is 2.43. The van der Waals surface area contributed by atoms with Crippen LogP contribution in [0.3, 0.4) is 0 Å². The summed E-state index contributed by atoms with van der Waals surface area (Å²) in [5.41, 5.74) is 3.34. The molecule has 0 N–H and O–H groups in total. The Balaban J connectivity index is 2.02. The highest BCUT2D eigenvalue weighted by molar-refractivity contribution is 6.04. The Morgan fingerprint density at radius 2 is 1.58 bits per heavy atom. The van der Waals surface area contributed by atoms with Gasteiger partial charge in [-0.1, -0.05) is 66.7 Å². The van der Waals surface area contributed by atoms with E-state index in [4.69, 9.17) is 0 Å². The van der Waals surface area contributed by atoms with E-state index in [1.54, 1.807) is 0 Å². The molecule has 0 heterocycles. The average Bonchev–Trinajstić information content (AvgIpc) is 2.62. The van der Waals surface area contributed by atoms with Crippen LogP contribution in [0, 0.1) is 5.92 Å².